The zero-order chi connectivity index (χ0) is 16.9. The second-order valence-electron chi connectivity index (χ2n) is 5.35. The maximum absolute atomic E-state index is 12.0. The summed E-state index contributed by atoms with van der Waals surface area (Å²) < 4.78 is 1.93. The van der Waals surface area contributed by atoms with Gasteiger partial charge in [0.1, 0.15) is 11.6 Å². The molecule has 7 heteroatoms. The molecule has 3 rings (SSSR count). The zero-order valence-corrected chi connectivity index (χ0v) is 13.5. The number of imidazole rings is 1. The second kappa shape index (κ2) is 6.91. The molecular weight excluding hydrogens is 304 g/mol. The standard InChI is InChI=1S/C17H18N6O/c1-12-18-7-6-15(21-12)11-20-17(24)22-14-5-3-4-13(10-14)16-19-8-9-23(16)2/h3-10H,11H2,1-2H3,(H2,20,22,24). The molecule has 3 aromatic rings. The Hall–Kier alpha value is -3.22. The summed E-state index contributed by atoms with van der Waals surface area (Å²) in [7, 11) is 1.93. The molecule has 2 aromatic heterocycles. The predicted octanol–water partition coefficient (Wildman–Crippen LogP) is 2.51. The molecule has 2 N–H and O–H groups in total. The van der Waals surface area contributed by atoms with Crippen LogP contribution in [0, 0.1) is 6.92 Å². The average molecular weight is 322 g/mol. The van der Waals surface area contributed by atoms with Gasteiger partial charge in [0.05, 0.1) is 12.2 Å². The molecule has 0 saturated carbocycles. The van der Waals surface area contributed by atoms with E-state index in [0.29, 0.717) is 18.1 Å². The summed E-state index contributed by atoms with van der Waals surface area (Å²) in [5.74, 6) is 1.52. The number of nitrogens with one attached hydrogen (secondary N) is 2. The maximum atomic E-state index is 12.0. The van der Waals surface area contributed by atoms with Crippen molar-refractivity contribution < 1.29 is 4.79 Å². The minimum atomic E-state index is -0.289. The van der Waals surface area contributed by atoms with Gasteiger partial charge in [-0.05, 0) is 25.1 Å². The molecule has 0 aliphatic heterocycles. The first-order valence-corrected chi connectivity index (χ1v) is 7.53. The van der Waals surface area contributed by atoms with Gasteiger partial charge in [-0.1, -0.05) is 12.1 Å². The lowest BCUT2D eigenvalue weighted by Crippen LogP contribution is -2.28. The highest BCUT2D eigenvalue weighted by molar-refractivity contribution is 5.89. The highest BCUT2D eigenvalue weighted by atomic mass is 16.2. The molecule has 0 aliphatic rings. The number of urea groups is 1. The third kappa shape index (κ3) is 3.75. The van der Waals surface area contributed by atoms with E-state index in [0.717, 1.165) is 17.1 Å². The van der Waals surface area contributed by atoms with E-state index in [1.54, 1.807) is 18.5 Å². The Bertz CT molecular complexity index is 858. The van der Waals surface area contributed by atoms with Crippen LogP contribution in [-0.4, -0.2) is 25.6 Å². The van der Waals surface area contributed by atoms with E-state index >= 15 is 0 Å². The number of hydrogen-bond donors (Lipinski definition) is 2. The lowest BCUT2D eigenvalue weighted by molar-refractivity contribution is 0.251. The fourth-order valence-electron chi connectivity index (χ4n) is 2.33. The molecule has 0 spiro atoms. The summed E-state index contributed by atoms with van der Waals surface area (Å²) in [5, 5.41) is 5.60. The first kappa shape index (κ1) is 15.7. The summed E-state index contributed by atoms with van der Waals surface area (Å²) in [6.07, 6.45) is 5.30. The number of aryl methyl sites for hydroxylation is 2. The van der Waals surface area contributed by atoms with Gasteiger partial charge in [0.25, 0.3) is 0 Å². The normalized spacial score (nSPS) is 10.4. The van der Waals surface area contributed by atoms with Crippen LogP contribution in [0.3, 0.4) is 0 Å². The quantitative estimate of drug-likeness (QED) is 0.773. The van der Waals surface area contributed by atoms with Crippen molar-refractivity contribution >= 4 is 11.7 Å². The Morgan fingerprint density at radius 1 is 1.21 bits per heavy atom. The van der Waals surface area contributed by atoms with Gasteiger partial charge in [-0.15, -0.1) is 0 Å². The van der Waals surface area contributed by atoms with Crippen LogP contribution in [0.25, 0.3) is 11.4 Å². The molecule has 2 heterocycles. The smallest absolute Gasteiger partial charge is 0.319 e. The van der Waals surface area contributed by atoms with Crippen LogP contribution >= 0.6 is 0 Å². The summed E-state index contributed by atoms with van der Waals surface area (Å²) in [5.41, 5.74) is 2.40. The van der Waals surface area contributed by atoms with Gasteiger partial charge in [-0.3, -0.25) is 0 Å². The molecule has 0 atom stereocenters. The van der Waals surface area contributed by atoms with Crippen molar-refractivity contribution in [2.75, 3.05) is 5.32 Å². The highest BCUT2D eigenvalue weighted by Crippen LogP contribution is 2.20. The molecule has 7 nitrogen and oxygen atoms in total. The van der Waals surface area contributed by atoms with Crippen molar-refractivity contribution in [2.45, 2.75) is 13.5 Å². The number of amides is 2. The first-order valence-electron chi connectivity index (χ1n) is 7.53. The molecular formula is C17H18N6O. The van der Waals surface area contributed by atoms with E-state index in [4.69, 9.17) is 0 Å². The summed E-state index contributed by atoms with van der Waals surface area (Å²) in [6.45, 7) is 2.15. The number of aromatic nitrogens is 4. The van der Waals surface area contributed by atoms with Crippen LogP contribution in [0.2, 0.25) is 0 Å². The zero-order valence-electron chi connectivity index (χ0n) is 13.5. The topological polar surface area (TPSA) is 84.7 Å². The second-order valence-corrected chi connectivity index (χ2v) is 5.35. The van der Waals surface area contributed by atoms with E-state index in [1.807, 2.05) is 49.0 Å². The maximum Gasteiger partial charge on any atom is 0.319 e. The number of nitrogens with zero attached hydrogens (tertiary/aromatic N) is 4. The molecule has 2 amide bonds. The lowest BCUT2D eigenvalue weighted by Gasteiger charge is -2.09. The molecule has 0 bridgehead atoms. The van der Waals surface area contributed by atoms with Crippen LogP contribution in [0.4, 0.5) is 10.5 Å². The fourth-order valence-corrected chi connectivity index (χ4v) is 2.33. The Morgan fingerprint density at radius 3 is 2.83 bits per heavy atom. The molecule has 122 valence electrons. The third-order valence-electron chi connectivity index (χ3n) is 3.46. The van der Waals surface area contributed by atoms with Gasteiger partial charge in [0.15, 0.2) is 0 Å². The predicted molar refractivity (Wildman–Crippen MR) is 91.3 cm³/mol. The van der Waals surface area contributed by atoms with Crippen molar-refractivity contribution in [3.05, 3.63) is 60.4 Å². The van der Waals surface area contributed by atoms with E-state index in [1.165, 1.54) is 0 Å². The van der Waals surface area contributed by atoms with E-state index in [9.17, 15) is 4.79 Å². The van der Waals surface area contributed by atoms with Crippen LogP contribution in [0.1, 0.15) is 11.5 Å². The van der Waals surface area contributed by atoms with E-state index in [2.05, 4.69) is 25.6 Å². The number of carbonyl (C=O) groups excluding carboxylic acids is 1. The Morgan fingerprint density at radius 2 is 2.08 bits per heavy atom. The minimum Gasteiger partial charge on any atom is -0.334 e. The Labute approximate surface area is 139 Å². The fraction of sp³-hybridized carbons (Fsp3) is 0.176. The third-order valence-corrected chi connectivity index (χ3v) is 3.46. The largest absolute Gasteiger partial charge is 0.334 e. The van der Waals surface area contributed by atoms with Gasteiger partial charge < -0.3 is 15.2 Å². The number of rotatable bonds is 4. The van der Waals surface area contributed by atoms with Crippen LogP contribution in [0.15, 0.2) is 48.9 Å². The summed E-state index contributed by atoms with van der Waals surface area (Å²) in [4.78, 5) is 24.6. The van der Waals surface area contributed by atoms with Crippen molar-refractivity contribution in [1.29, 1.82) is 0 Å². The van der Waals surface area contributed by atoms with Gasteiger partial charge in [-0.25, -0.2) is 19.7 Å². The van der Waals surface area contributed by atoms with Gasteiger partial charge in [0.2, 0.25) is 0 Å². The molecule has 24 heavy (non-hydrogen) atoms. The van der Waals surface area contributed by atoms with Crippen LogP contribution in [-0.2, 0) is 13.6 Å². The summed E-state index contributed by atoms with van der Waals surface area (Å²) >= 11 is 0. The van der Waals surface area contributed by atoms with E-state index < -0.39 is 0 Å². The molecule has 1 aromatic carbocycles. The number of anilines is 1. The van der Waals surface area contributed by atoms with Crippen molar-refractivity contribution in [3.63, 3.8) is 0 Å². The summed E-state index contributed by atoms with van der Waals surface area (Å²) in [6, 6.07) is 9.04. The molecule has 0 saturated heterocycles. The Kier molecular flexibility index (Phi) is 4.51. The highest BCUT2D eigenvalue weighted by Gasteiger charge is 2.06. The average Bonchev–Trinajstić information content (AvgIpc) is 2.99. The SMILES string of the molecule is Cc1nccc(CNC(=O)Nc2cccc(-c3nccn3C)c2)n1. The van der Waals surface area contributed by atoms with Gasteiger partial charge in [0, 0.05) is 36.9 Å². The molecule has 0 fully saturated rings. The minimum absolute atomic E-state index is 0.289. The van der Waals surface area contributed by atoms with Gasteiger partial charge in [-0.2, -0.15) is 0 Å². The number of benzene rings is 1. The molecule has 0 aliphatic carbocycles. The van der Waals surface area contributed by atoms with Gasteiger partial charge >= 0.3 is 6.03 Å². The van der Waals surface area contributed by atoms with Crippen LogP contribution in [0.5, 0.6) is 0 Å². The van der Waals surface area contributed by atoms with Crippen LogP contribution < -0.4 is 10.6 Å². The van der Waals surface area contributed by atoms with E-state index in [-0.39, 0.29) is 6.03 Å². The Balaban J connectivity index is 1.63. The number of hydrogen-bond acceptors (Lipinski definition) is 4. The van der Waals surface area contributed by atoms with Crippen molar-refractivity contribution in [2.24, 2.45) is 7.05 Å². The molecule has 0 unspecified atom stereocenters. The monoisotopic (exact) mass is 322 g/mol. The van der Waals surface area contributed by atoms with Crippen molar-refractivity contribution in [3.8, 4) is 11.4 Å². The molecule has 0 radical (unpaired) electrons. The number of carbonyl (C=O) groups is 1. The lowest BCUT2D eigenvalue weighted by atomic mass is 10.2. The first-order chi connectivity index (χ1) is 11.6. The van der Waals surface area contributed by atoms with Crippen molar-refractivity contribution in [1.82, 2.24) is 24.8 Å².